The number of hydrazine groups is 1. The summed E-state index contributed by atoms with van der Waals surface area (Å²) in [7, 11) is 0. The lowest BCUT2D eigenvalue weighted by Gasteiger charge is -2.12. The molecule has 2 N–H and O–H groups in total. The molecule has 0 saturated heterocycles. The highest BCUT2D eigenvalue weighted by molar-refractivity contribution is 9.10. The van der Waals surface area contributed by atoms with Crippen LogP contribution in [0.25, 0.3) is 0 Å². The zero-order chi connectivity index (χ0) is 16.7. The maximum atomic E-state index is 12.0. The van der Waals surface area contributed by atoms with Crippen molar-refractivity contribution in [1.29, 1.82) is 0 Å². The molecule has 0 radical (unpaired) electrons. The lowest BCUT2D eigenvalue weighted by molar-refractivity contribution is -0.124. The van der Waals surface area contributed by atoms with Crippen LogP contribution in [0.2, 0.25) is 0 Å². The molecule has 0 fully saturated rings. The number of carbonyl (C=O) groups excluding carboxylic acids is 2. The summed E-state index contributed by atoms with van der Waals surface area (Å²) in [5, 5.41) is 0. The van der Waals surface area contributed by atoms with Gasteiger partial charge in [-0.2, -0.15) is 0 Å². The number of carbonyl (C=O) groups is 2. The van der Waals surface area contributed by atoms with Crippen LogP contribution in [0.3, 0.4) is 0 Å². The van der Waals surface area contributed by atoms with Gasteiger partial charge in [0.15, 0.2) is 0 Å². The Morgan fingerprint density at radius 3 is 2.35 bits per heavy atom. The van der Waals surface area contributed by atoms with E-state index in [-0.39, 0.29) is 17.7 Å². The van der Waals surface area contributed by atoms with Crippen LogP contribution in [-0.2, 0) is 4.79 Å². The van der Waals surface area contributed by atoms with Crippen molar-refractivity contribution < 1.29 is 9.59 Å². The van der Waals surface area contributed by atoms with E-state index in [0.29, 0.717) is 11.3 Å². The summed E-state index contributed by atoms with van der Waals surface area (Å²) < 4.78 is 0.893. The summed E-state index contributed by atoms with van der Waals surface area (Å²) in [5.74, 6) is -0.123. The van der Waals surface area contributed by atoms with Crippen molar-refractivity contribution in [3.05, 3.63) is 64.6 Å². The average Bonchev–Trinajstić information content (AvgIpc) is 2.58. The number of rotatable bonds is 5. The van der Waals surface area contributed by atoms with E-state index in [4.69, 9.17) is 0 Å². The second-order valence-corrected chi connectivity index (χ2v) is 6.98. The van der Waals surface area contributed by atoms with Gasteiger partial charge in [-0.15, -0.1) is 11.8 Å². The molecular weight excluding hydrogens is 376 g/mol. The van der Waals surface area contributed by atoms with Crippen molar-refractivity contribution in [1.82, 2.24) is 10.9 Å². The molecule has 1 atom stereocenters. The van der Waals surface area contributed by atoms with Gasteiger partial charge in [-0.3, -0.25) is 20.4 Å². The van der Waals surface area contributed by atoms with Gasteiger partial charge in [-0.1, -0.05) is 41.1 Å². The van der Waals surface area contributed by atoms with Crippen LogP contribution in [0.1, 0.15) is 17.3 Å². The van der Waals surface area contributed by atoms with Crippen molar-refractivity contribution in [2.24, 2.45) is 5.92 Å². The van der Waals surface area contributed by atoms with Crippen molar-refractivity contribution >= 4 is 39.5 Å². The standard InChI is InChI=1S/C17H17BrN2O2S/c1-12(11-23-15-5-3-2-4-6-15)16(21)19-20-17(22)13-7-9-14(18)10-8-13/h2-10,12H,11H2,1H3,(H,19,21)(H,20,22). The van der Waals surface area contributed by atoms with Crippen molar-refractivity contribution in [2.75, 3.05) is 5.75 Å². The summed E-state index contributed by atoms with van der Waals surface area (Å²) in [6.07, 6.45) is 0. The van der Waals surface area contributed by atoms with E-state index in [1.807, 2.05) is 37.3 Å². The Bertz CT molecular complexity index is 662. The monoisotopic (exact) mass is 392 g/mol. The van der Waals surface area contributed by atoms with Gasteiger partial charge in [-0.25, -0.2) is 0 Å². The summed E-state index contributed by atoms with van der Waals surface area (Å²) in [4.78, 5) is 25.0. The topological polar surface area (TPSA) is 58.2 Å². The summed E-state index contributed by atoms with van der Waals surface area (Å²) >= 11 is 4.92. The Kier molecular flexibility index (Phi) is 6.67. The van der Waals surface area contributed by atoms with Crippen LogP contribution >= 0.6 is 27.7 Å². The fourth-order valence-electron chi connectivity index (χ4n) is 1.73. The smallest absolute Gasteiger partial charge is 0.269 e. The minimum atomic E-state index is -0.339. The van der Waals surface area contributed by atoms with Crippen LogP contribution in [0, 0.1) is 5.92 Å². The quantitative estimate of drug-likeness (QED) is 0.603. The van der Waals surface area contributed by atoms with Gasteiger partial charge in [0.25, 0.3) is 5.91 Å². The molecule has 23 heavy (non-hydrogen) atoms. The van der Waals surface area contributed by atoms with E-state index >= 15 is 0 Å². The first-order chi connectivity index (χ1) is 11.1. The van der Waals surface area contributed by atoms with Gasteiger partial charge in [0.1, 0.15) is 0 Å². The number of halogens is 1. The van der Waals surface area contributed by atoms with E-state index in [1.165, 1.54) is 0 Å². The number of thioether (sulfide) groups is 1. The third-order valence-electron chi connectivity index (χ3n) is 3.10. The van der Waals surface area contributed by atoms with Crippen molar-refractivity contribution in [2.45, 2.75) is 11.8 Å². The largest absolute Gasteiger partial charge is 0.273 e. The third kappa shape index (κ3) is 5.73. The molecule has 2 aromatic rings. The Morgan fingerprint density at radius 1 is 1.04 bits per heavy atom. The lowest BCUT2D eigenvalue weighted by atomic mass is 10.2. The summed E-state index contributed by atoms with van der Waals surface area (Å²) in [5.41, 5.74) is 5.39. The highest BCUT2D eigenvalue weighted by Crippen LogP contribution is 2.20. The van der Waals surface area contributed by atoms with Crippen LogP contribution in [0.4, 0.5) is 0 Å². The lowest BCUT2D eigenvalue weighted by Crippen LogP contribution is -2.44. The van der Waals surface area contributed by atoms with Crippen LogP contribution in [0.15, 0.2) is 64.0 Å². The Hall–Kier alpha value is -1.79. The first-order valence-corrected chi connectivity index (χ1v) is 8.87. The number of hydrogen-bond acceptors (Lipinski definition) is 3. The minimum absolute atomic E-state index is 0.209. The second-order valence-electron chi connectivity index (χ2n) is 4.98. The summed E-state index contributed by atoms with van der Waals surface area (Å²) in [6.45, 7) is 1.83. The fourth-order valence-corrected chi connectivity index (χ4v) is 2.94. The predicted molar refractivity (Wildman–Crippen MR) is 96.1 cm³/mol. The summed E-state index contributed by atoms with van der Waals surface area (Å²) in [6, 6.07) is 16.8. The maximum Gasteiger partial charge on any atom is 0.269 e. The highest BCUT2D eigenvalue weighted by Gasteiger charge is 2.14. The Labute approximate surface area is 148 Å². The molecule has 4 nitrogen and oxygen atoms in total. The molecule has 0 aliphatic rings. The number of nitrogens with one attached hydrogen (secondary N) is 2. The number of benzene rings is 2. The molecule has 0 aromatic heterocycles. The maximum absolute atomic E-state index is 12.0. The molecule has 2 amide bonds. The van der Waals surface area contributed by atoms with Crippen LogP contribution in [0.5, 0.6) is 0 Å². The molecule has 2 aromatic carbocycles. The zero-order valence-electron chi connectivity index (χ0n) is 12.6. The highest BCUT2D eigenvalue weighted by atomic mass is 79.9. The predicted octanol–water partition coefficient (Wildman–Crippen LogP) is 3.64. The van der Waals surface area contributed by atoms with Gasteiger partial charge in [0.2, 0.25) is 5.91 Å². The number of amides is 2. The SMILES string of the molecule is CC(CSc1ccccc1)C(=O)NNC(=O)c1ccc(Br)cc1. The molecule has 120 valence electrons. The van der Waals surface area contributed by atoms with Gasteiger partial charge in [0, 0.05) is 26.6 Å². The van der Waals surface area contributed by atoms with E-state index in [2.05, 4.69) is 26.8 Å². The van der Waals surface area contributed by atoms with E-state index < -0.39 is 0 Å². The number of hydrogen-bond donors (Lipinski definition) is 2. The Morgan fingerprint density at radius 2 is 1.70 bits per heavy atom. The van der Waals surface area contributed by atoms with Gasteiger partial charge < -0.3 is 0 Å². The van der Waals surface area contributed by atoms with Gasteiger partial charge in [0.05, 0.1) is 0 Å². The van der Waals surface area contributed by atoms with Crippen molar-refractivity contribution in [3.63, 3.8) is 0 Å². The molecule has 0 spiro atoms. The molecule has 6 heteroatoms. The first-order valence-electron chi connectivity index (χ1n) is 7.10. The average molecular weight is 393 g/mol. The van der Waals surface area contributed by atoms with E-state index in [0.717, 1.165) is 9.37 Å². The normalized spacial score (nSPS) is 11.6. The molecule has 0 saturated carbocycles. The van der Waals surface area contributed by atoms with E-state index in [9.17, 15) is 9.59 Å². The molecule has 0 bridgehead atoms. The zero-order valence-corrected chi connectivity index (χ0v) is 15.0. The Balaban J connectivity index is 1.77. The first kappa shape index (κ1) is 17.6. The van der Waals surface area contributed by atoms with Crippen LogP contribution < -0.4 is 10.9 Å². The van der Waals surface area contributed by atoms with E-state index in [1.54, 1.807) is 36.0 Å². The fraction of sp³-hybridized carbons (Fsp3) is 0.176. The van der Waals surface area contributed by atoms with Crippen molar-refractivity contribution in [3.8, 4) is 0 Å². The molecule has 1 unspecified atom stereocenters. The third-order valence-corrected chi connectivity index (χ3v) is 4.90. The minimum Gasteiger partial charge on any atom is -0.273 e. The second kappa shape index (κ2) is 8.74. The van der Waals surface area contributed by atoms with Gasteiger partial charge in [-0.05, 0) is 36.4 Å². The molecular formula is C17H17BrN2O2S. The molecule has 0 aliphatic heterocycles. The molecule has 2 rings (SSSR count). The van der Waals surface area contributed by atoms with Gasteiger partial charge >= 0.3 is 0 Å². The molecule has 0 aliphatic carbocycles. The molecule has 0 heterocycles. The van der Waals surface area contributed by atoms with Crippen LogP contribution in [-0.4, -0.2) is 17.6 Å².